The molecule has 1 nitrogen and oxygen atoms in total. The van der Waals surface area contributed by atoms with Crippen LogP contribution in [0.2, 0.25) is 0 Å². The van der Waals surface area contributed by atoms with Gasteiger partial charge in [-0.15, -0.1) is 0 Å². The Morgan fingerprint density at radius 1 is 1.36 bits per heavy atom. The predicted octanol–water partition coefficient (Wildman–Crippen LogP) is 3.90. The fourth-order valence-corrected chi connectivity index (χ4v) is 1.37. The van der Waals surface area contributed by atoms with Gasteiger partial charge in [-0.2, -0.15) is 0 Å². The minimum absolute atomic E-state index is 0.160. The summed E-state index contributed by atoms with van der Waals surface area (Å²) in [5, 5.41) is 0. The number of allylic oxidation sites excluding steroid dienone is 4. The Bertz CT molecular complexity index is 219. The summed E-state index contributed by atoms with van der Waals surface area (Å²) >= 11 is 0. The molecule has 0 aliphatic heterocycles. The lowest BCUT2D eigenvalue weighted by molar-refractivity contribution is -0.110. The Labute approximate surface area is 87.9 Å². The molecule has 1 heteroatoms. The number of rotatable bonds is 6. The second-order valence-corrected chi connectivity index (χ2v) is 4.08. The molecule has 0 aromatic carbocycles. The molecule has 0 saturated heterocycles. The van der Waals surface area contributed by atoms with Gasteiger partial charge in [-0.25, -0.2) is 0 Å². The van der Waals surface area contributed by atoms with E-state index < -0.39 is 0 Å². The topological polar surface area (TPSA) is 17.1 Å². The van der Waals surface area contributed by atoms with Crippen molar-refractivity contribution in [1.29, 1.82) is 0 Å². The predicted molar refractivity (Wildman–Crippen MR) is 62.3 cm³/mol. The molecule has 0 bridgehead atoms. The van der Waals surface area contributed by atoms with E-state index in [1.807, 2.05) is 6.92 Å². The molecule has 0 saturated carbocycles. The molecule has 0 radical (unpaired) electrons. The van der Waals surface area contributed by atoms with Crippen molar-refractivity contribution in [2.24, 2.45) is 5.92 Å². The standard InChI is InChI=1S/C13H22O/c1-5-13(9-12(4)10-14)8-6-7-11(2)3/h5,7,10,12H,6,8-9H2,1-4H3. The molecule has 0 spiro atoms. The monoisotopic (exact) mass is 194 g/mol. The summed E-state index contributed by atoms with van der Waals surface area (Å²) in [4.78, 5) is 10.5. The average Bonchev–Trinajstić information content (AvgIpc) is 2.15. The van der Waals surface area contributed by atoms with Crippen molar-refractivity contribution in [3.05, 3.63) is 23.3 Å². The van der Waals surface area contributed by atoms with Gasteiger partial charge in [-0.05, 0) is 40.0 Å². The highest BCUT2D eigenvalue weighted by molar-refractivity contribution is 5.53. The molecule has 1 unspecified atom stereocenters. The molecule has 0 aromatic heterocycles. The van der Waals surface area contributed by atoms with Crippen molar-refractivity contribution in [3.63, 3.8) is 0 Å². The van der Waals surface area contributed by atoms with Crippen molar-refractivity contribution in [2.45, 2.75) is 47.0 Å². The zero-order valence-electron chi connectivity index (χ0n) is 9.84. The zero-order valence-corrected chi connectivity index (χ0v) is 9.84. The third kappa shape index (κ3) is 6.64. The van der Waals surface area contributed by atoms with Crippen LogP contribution < -0.4 is 0 Å². The quantitative estimate of drug-likeness (QED) is 0.463. The largest absolute Gasteiger partial charge is 0.303 e. The average molecular weight is 194 g/mol. The van der Waals surface area contributed by atoms with Gasteiger partial charge in [0.05, 0.1) is 0 Å². The molecule has 0 aliphatic rings. The molecule has 0 aliphatic carbocycles. The smallest absolute Gasteiger partial charge is 0.123 e. The maximum absolute atomic E-state index is 10.5. The number of carbonyl (C=O) groups excluding carboxylic acids is 1. The summed E-state index contributed by atoms with van der Waals surface area (Å²) in [7, 11) is 0. The fourth-order valence-electron chi connectivity index (χ4n) is 1.37. The minimum Gasteiger partial charge on any atom is -0.303 e. The van der Waals surface area contributed by atoms with E-state index in [2.05, 4.69) is 32.9 Å². The van der Waals surface area contributed by atoms with Crippen molar-refractivity contribution >= 4 is 6.29 Å². The second-order valence-electron chi connectivity index (χ2n) is 4.08. The fraction of sp³-hybridized carbons (Fsp3) is 0.615. The Hall–Kier alpha value is -0.850. The lowest BCUT2D eigenvalue weighted by atomic mass is 9.98. The van der Waals surface area contributed by atoms with Crippen LogP contribution >= 0.6 is 0 Å². The molecule has 0 rings (SSSR count). The van der Waals surface area contributed by atoms with Gasteiger partial charge in [0.15, 0.2) is 0 Å². The highest BCUT2D eigenvalue weighted by atomic mass is 16.1. The maximum atomic E-state index is 10.5. The van der Waals surface area contributed by atoms with Crippen LogP contribution in [0.3, 0.4) is 0 Å². The van der Waals surface area contributed by atoms with Crippen LogP contribution in [0.5, 0.6) is 0 Å². The lowest BCUT2D eigenvalue weighted by Crippen LogP contribution is -1.97. The van der Waals surface area contributed by atoms with Crippen LogP contribution in [0, 0.1) is 5.92 Å². The summed E-state index contributed by atoms with van der Waals surface area (Å²) in [5.41, 5.74) is 2.76. The van der Waals surface area contributed by atoms with Gasteiger partial charge >= 0.3 is 0 Å². The van der Waals surface area contributed by atoms with Gasteiger partial charge < -0.3 is 4.79 Å². The lowest BCUT2D eigenvalue weighted by Gasteiger charge is -2.07. The van der Waals surface area contributed by atoms with E-state index in [4.69, 9.17) is 0 Å². The first-order valence-electron chi connectivity index (χ1n) is 5.32. The third-order valence-corrected chi connectivity index (χ3v) is 2.24. The number of hydrogen-bond acceptors (Lipinski definition) is 1. The van der Waals surface area contributed by atoms with Gasteiger partial charge in [0.2, 0.25) is 0 Å². The van der Waals surface area contributed by atoms with Gasteiger partial charge in [-0.3, -0.25) is 0 Å². The van der Waals surface area contributed by atoms with E-state index in [1.165, 1.54) is 11.1 Å². The molecule has 80 valence electrons. The third-order valence-electron chi connectivity index (χ3n) is 2.24. The first-order valence-corrected chi connectivity index (χ1v) is 5.32. The highest BCUT2D eigenvalue weighted by Gasteiger charge is 2.02. The Morgan fingerprint density at radius 2 is 2.00 bits per heavy atom. The van der Waals surface area contributed by atoms with E-state index in [1.54, 1.807) is 0 Å². The maximum Gasteiger partial charge on any atom is 0.123 e. The molecular weight excluding hydrogens is 172 g/mol. The Kier molecular flexibility index (Phi) is 7.09. The van der Waals surface area contributed by atoms with Crippen molar-refractivity contribution in [1.82, 2.24) is 0 Å². The Morgan fingerprint density at radius 3 is 2.43 bits per heavy atom. The van der Waals surface area contributed by atoms with E-state index in [0.717, 1.165) is 25.5 Å². The summed E-state index contributed by atoms with van der Waals surface area (Å²) in [6, 6.07) is 0. The molecule has 1 atom stereocenters. The molecular formula is C13H22O. The first-order chi connectivity index (χ1) is 6.60. The second kappa shape index (κ2) is 7.54. The minimum atomic E-state index is 0.160. The summed E-state index contributed by atoms with van der Waals surface area (Å²) < 4.78 is 0. The Balaban J connectivity index is 3.93. The van der Waals surface area contributed by atoms with Gasteiger partial charge in [0.25, 0.3) is 0 Å². The van der Waals surface area contributed by atoms with Gasteiger partial charge in [0.1, 0.15) is 6.29 Å². The van der Waals surface area contributed by atoms with Gasteiger partial charge in [0, 0.05) is 5.92 Å². The zero-order chi connectivity index (χ0) is 11.0. The van der Waals surface area contributed by atoms with Crippen LogP contribution in [0.4, 0.5) is 0 Å². The van der Waals surface area contributed by atoms with Gasteiger partial charge in [-0.1, -0.05) is 30.2 Å². The van der Waals surface area contributed by atoms with E-state index in [0.29, 0.717) is 0 Å². The summed E-state index contributed by atoms with van der Waals surface area (Å²) in [6.07, 6.45) is 8.50. The number of hydrogen-bond donors (Lipinski definition) is 0. The molecule has 0 heterocycles. The van der Waals surface area contributed by atoms with Crippen LogP contribution in [-0.2, 0) is 4.79 Å². The SMILES string of the molecule is CC=C(CCC=C(C)C)CC(C)C=O. The molecule has 0 N–H and O–H groups in total. The molecule has 0 fully saturated rings. The summed E-state index contributed by atoms with van der Waals surface area (Å²) in [5.74, 6) is 0.160. The van der Waals surface area contributed by atoms with E-state index in [-0.39, 0.29) is 5.92 Å². The van der Waals surface area contributed by atoms with Crippen molar-refractivity contribution in [2.75, 3.05) is 0 Å². The number of aldehydes is 1. The molecule has 14 heavy (non-hydrogen) atoms. The van der Waals surface area contributed by atoms with Crippen LogP contribution in [0.15, 0.2) is 23.3 Å². The normalized spacial score (nSPS) is 13.6. The number of carbonyl (C=O) groups is 1. The van der Waals surface area contributed by atoms with Crippen LogP contribution in [-0.4, -0.2) is 6.29 Å². The van der Waals surface area contributed by atoms with Crippen LogP contribution in [0.1, 0.15) is 47.0 Å². The summed E-state index contributed by atoms with van der Waals surface area (Å²) in [6.45, 7) is 8.25. The van der Waals surface area contributed by atoms with Crippen molar-refractivity contribution in [3.8, 4) is 0 Å². The molecule has 0 aromatic rings. The van der Waals surface area contributed by atoms with E-state index >= 15 is 0 Å². The van der Waals surface area contributed by atoms with E-state index in [9.17, 15) is 4.79 Å². The highest BCUT2D eigenvalue weighted by Crippen LogP contribution is 2.15. The molecule has 0 amide bonds. The van der Waals surface area contributed by atoms with Crippen LogP contribution in [0.25, 0.3) is 0 Å². The first kappa shape index (κ1) is 13.2. The van der Waals surface area contributed by atoms with Crippen molar-refractivity contribution < 1.29 is 4.79 Å².